The van der Waals surface area contributed by atoms with Crippen molar-refractivity contribution in [3.63, 3.8) is 0 Å². The third-order valence-electron chi connectivity index (χ3n) is 4.66. The quantitative estimate of drug-likeness (QED) is 0.521. The Hall–Kier alpha value is -3.13. The number of hydrogen-bond acceptors (Lipinski definition) is 4. The molecule has 0 aliphatic rings. The zero-order chi connectivity index (χ0) is 19.7. The Morgan fingerprint density at radius 2 is 2.07 bits per heavy atom. The number of aromatic amines is 1. The van der Waals surface area contributed by atoms with Gasteiger partial charge in [-0.25, -0.2) is 18.7 Å². The predicted molar refractivity (Wildman–Crippen MR) is 101 cm³/mol. The van der Waals surface area contributed by atoms with Crippen LogP contribution in [0.1, 0.15) is 31.4 Å². The van der Waals surface area contributed by atoms with E-state index in [1.165, 1.54) is 12.5 Å². The molecule has 0 saturated carbocycles. The second-order valence-electron chi connectivity index (χ2n) is 6.67. The Labute approximate surface area is 159 Å². The third-order valence-corrected chi connectivity index (χ3v) is 4.66. The van der Waals surface area contributed by atoms with E-state index in [4.69, 9.17) is 0 Å². The molecule has 6 nitrogen and oxygen atoms in total. The molecule has 1 aromatic carbocycles. The average molecular weight is 383 g/mol. The summed E-state index contributed by atoms with van der Waals surface area (Å²) in [5.74, 6) is -2.53. The zero-order valence-electron chi connectivity index (χ0n) is 15.2. The second-order valence-corrected chi connectivity index (χ2v) is 6.67. The van der Waals surface area contributed by atoms with E-state index in [9.17, 15) is 13.9 Å². The molecule has 0 bridgehead atoms. The minimum Gasteiger partial charge on any atom is -0.382 e. The van der Waals surface area contributed by atoms with Gasteiger partial charge in [0.25, 0.3) is 5.92 Å². The Morgan fingerprint density at radius 1 is 1.21 bits per heavy atom. The lowest BCUT2D eigenvalue weighted by molar-refractivity contribution is -0.116. The molecule has 144 valence electrons. The van der Waals surface area contributed by atoms with Gasteiger partial charge >= 0.3 is 0 Å². The van der Waals surface area contributed by atoms with E-state index in [1.807, 2.05) is 35.0 Å². The van der Waals surface area contributed by atoms with Crippen LogP contribution in [-0.2, 0) is 0 Å². The molecule has 0 saturated heterocycles. The lowest BCUT2D eigenvalue weighted by atomic mass is 10.0. The number of halogens is 2. The summed E-state index contributed by atoms with van der Waals surface area (Å²) >= 11 is 0. The van der Waals surface area contributed by atoms with Crippen LogP contribution in [0.3, 0.4) is 0 Å². The van der Waals surface area contributed by atoms with Crippen LogP contribution in [0.4, 0.5) is 8.78 Å². The molecule has 0 unspecified atom stereocenters. The SMILES string of the molecule is CCCC(F)(F)[C@@H](O)c1cnc2c(ccn2-c2cccc(-c3ncn[nH]3)c2)c1. The summed E-state index contributed by atoms with van der Waals surface area (Å²) in [5.41, 5.74) is 2.44. The summed E-state index contributed by atoms with van der Waals surface area (Å²) in [4.78, 5) is 8.49. The lowest BCUT2D eigenvalue weighted by Gasteiger charge is -2.22. The first-order chi connectivity index (χ1) is 13.5. The molecule has 0 aliphatic carbocycles. The average Bonchev–Trinajstić information content (AvgIpc) is 3.37. The number of rotatable bonds is 6. The summed E-state index contributed by atoms with van der Waals surface area (Å²) in [6.07, 6.45) is 2.61. The number of H-pyrrole nitrogens is 1. The van der Waals surface area contributed by atoms with Crippen LogP contribution in [0.25, 0.3) is 28.1 Å². The van der Waals surface area contributed by atoms with Gasteiger partial charge in [0, 0.05) is 41.0 Å². The van der Waals surface area contributed by atoms with Crippen LogP contribution in [0, 0.1) is 0 Å². The molecule has 1 atom stereocenters. The van der Waals surface area contributed by atoms with E-state index in [2.05, 4.69) is 20.2 Å². The number of aliphatic hydroxyl groups is 1. The second kappa shape index (κ2) is 7.12. The van der Waals surface area contributed by atoms with Gasteiger partial charge in [-0.3, -0.25) is 5.10 Å². The standard InChI is InChI=1S/C20H19F2N5O/c1-2-7-20(21,22)17(28)15-9-14-6-8-27(19(14)23-11-15)16-5-3-4-13(10-16)18-24-12-25-26-18/h3-6,8-12,17,28H,2,7H2,1H3,(H,24,25,26)/t17-/m0/s1. The molecular formula is C20H19F2N5O. The highest BCUT2D eigenvalue weighted by atomic mass is 19.3. The molecule has 8 heteroatoms. The molecule has 4 aromatic rings. The van der Waals surface area contributed by atoms with Crippen molar-refractivity contribution < 1.29 is 13.9 Å². The summed E-state index contributed by atoms with van der Waals surface area (Å²) in [5, 5.41) is 17.4. The maximum Gasteiger partial charge on any atom is 0.277 e. The molecule has 3 heterocycles. The van der Waals surface area contributed by atoms with Crippen molar-refractivity contribution in [2.75, 3.05) is 0 Å². The van der Waals surface area contributed by atoms with Gasteiger partial charge in [0.1, 0.15) is 18.1 Å². The Bertz CT molecular complexity index is 1090. The molecule has 3 aromatic heterocycles. The smallest absolute Gasteiger partial charge is 0.277 e. The van der Waals surface area contributed by atoms with Gasteiger partial charge in [-0.1, -0.05) is 25.5 Å². The molecule has 2 N–H and O–H groups in total. The van der Waals surface area contributed by atoms with Gasteiger partial charge < -0.3 is 9.67 Å². The third kappa shape index (κ3) is 3.27. The fourth-order valence-corrected chi connectivity index (χ4v) is 3.26. The number of alkyl halides is 2. The van der Waals surface area contributed by atoms with E-state index in [0.29, 0.717) is 16.9 Å². The van der Waals surface area contributed by atoms with Gasteiger partial charge in [0.15, 0.2) is 5.82 Å². The highest BCUT2D eigenvalue weighted by Gasteiger charge is 2.38. The van der Waals surface area contributed by atoms with Crippen LogP contribution < -0.4 is 0 Å². The molecular weight excluding hydrogens is 364 g/mol. The van der Waals surface area contributed by atoms with Crippen LogP contribution in [-0.4, -0.2) is 35.8 Å². The number of aromatic nitrogens is 5. The summed E-state index contributed by atoms with van der Waals surface area (Å²) < 4.78 is 30.0. The fraction of sp³-hybridized carbons (Fsp3) is 0.250. The monoisotopic (exact) mass is 383 g/mol. The number of nitrogens with zero attached hydrogens (tertiary/aromatic N) is 4. The van der Waals surface area contributed by atoms with Gasteiger partial charge in [-0.2, -0.15) is 5.10 Å². The zero-order valence-corrected chi connectivity index (χ0v) is 15.2. The van der Waals surface area contributed by atoms with E-state index in [0.717, 1.165) is 11.3 Å². The highest BCUT2D eigenvalue weighted by molar-refractivity contribution is 5.79. The number of pyridine rings is 1. The minimum atomic E-state index is -3.18. The molecule has 0 amide bonds. The van der Waals surface area contributed by atoms with Crippen molar-refractivity contribution >= 4 is 11.0 Å². The van der Waals surface area contributed by atoms with Crippen LogP contribution >= 0.6 is 0 Å². The van der Waals surface area contributed by atoms with Crippen molar-refractivity contribution in [2.24, 2.45) is 0 Å². The number of hydrogen-bond donors (Lipinski definition) is 2. The molecule has 0 spiro atoms. The summed E-state index contributed by atoms with van der Waals surface area (Å²) in [6, 6.07) is 11.0. The van der Waals surface area contributed by atoms with E-state index in [-0.39, 0.29) is 18.4 Å². The van der Waals surface area contributed by atoms with Crippen LogP contribution in [0.15, 0.2) is 55.1 Å². The number of aliphatic hydroxyl groups excluding tert-OH is 1. The van der Waals surface area contributed by atoms with Crippen molar-refractivity contribution in [2.45, 2.75) is 31.8 Å². The normalized spacial score (nSPS) is 13.1. The van der Waals surface area contributed by atoms with Crippen LogP contribution in [0.5, 0.6) is 0 Å². The molecule has 0 aliphatic heterocycles. The number of fused-ring (bicyclic) bond motifs is 1. The van der Waals surface area contributed by atoms with Crippen molar-refractivity contribution in [1.29, 1.82) is 0 Å². The van der Waals surface area contributed by atoms with Gasteiger partial charge in [0.05, 0.1) is 0 Å². The molecule has 28 heavy (non-hydrogen) atoms. The lowest BCUT2D eigenvalue weighted by Crippen LogP contribution is -2.26. The van der Waals surface area contributed by atoms with Gasteiger partial charge in [-0.05, 0) is 24.3 Å². The minimum absolute atomic E-state index is 0.110. The highest BCUT2D eigenvalue weighted by Crippen LogP contribution is 2.36. The molecule has 0 fully saturated rings. The number of benzene rings is 1. The molecule has 0 radical (unpaired) electrons. The van der Waals surface area contributed by atoms with E-state index >= 15 is 0 Å². The Morgan fingerprint density at radius 3 is 2.82 bits per heavy atom. The van der Waals surface area contributed by atoms with Crippen LogP contribution in [0.2, 0.25) is 0 Å². The van der Waals surface area contributed by atoms with E-state index in [1.54, 1.807) is 19.1 Å². The Kier molecular flexibility index (Phi) is 4.64. The Balaban J connectivity index is 1.70. The fourth-order valence-electron chi connectivity index (χ4n) is 3.26. The summed E-state index contributed by atoms with van der Waals surface area (Å²) in [7, 11) is 0. The molecule has 4 rings (SSSR count). The topological polar surface area (TPSA) is 79.6 Å². The van der Waals surface area contributed by atoms with Gasteiger partial charge in [0.2, 0.25) is 0 Å². The summed E-state index contributed by atoms with van der Waals surface area (Å²) in [6.45, 7) is 1.66. The first-order valence-corrected chi connectivity index (χ1v) is 8.98. The van der Waals surface area contributed by atoms with Crippen molar-refractivity contribution in [3.05, 3.63) is 60.7 Å². The predicted octanol–water partition coefficient (Wildman–Crippen LogP) is 4.28. The maximum absolute atomic E-state index is 14.1. The first-order valence-electron chi connectivity index (χ1n) is 8.98. The maximum atomic E-state index is 14.1. The van der Waals surface area contributed by atoms with Crippen molar-refractivity contribution in [1.82, 2.24) is 24.7 Å². The van der Waals surface area contributed by atoms with E-state index < -0.39 is 12.0 Å². The number of nitrogens with one attached hydrogen (secondary N) is 1. The largest absolute Gasteiger partial charge is 0.382 e. The van der Waals surface area contributed by atoms with Gasteiger partial charge in [-0.15, -0.1) is 0 Å². The first kappa shape index (κ1) is 18.2. The van der Waals surface area contributed by atoms with Crippen molar-refractivity contribution in [3.8, 4) is 17.1 Å².